The van der Waals surface area contributed by atoms with Crippen molar-refractivity contribution in [3.63, 3.8) is 0 Å². The van der Waals surface area contributed by atoms with Crippen molar-refractivity contribution in [2.24, 2.45) is 5.92 Å². The van der Waals surface area contributed by atoms with Gasteiger partial charge < -0.3 is 4.48 Å². The fourth-order valence-electron chi connectivity index (χ4n) is 5.62. The molecule has 0 aliphatic carbocycles. The number of quaternary nitrogens is 1. The Morgan fingerprint density at radius 2 is 1.35 bits per heavy atom. The Kier molecular flexibility index (Phi) is 4.37. The lowest BCUT2D eigenvalue weighted by molar-refractivity contribution is -0.931. The highest BCUT2D eigenvalue weighted by atomic mass is 15.4. The zero-order chi connectivity index (χ0) is 18.2. The molecule has 2 fully saturated rings. The summed E-state index contributed by atoms with van der Waals surface area (Å²) < 4.78 is 1.19. The molecule has 2 aliphatic heterocycles. The average molecular weight is 346 g/mol. The number of piperidine rings is 1. The van der Waals surface area contributed by atoms with Gasteiger partial charge in [0.15, 0.2) is 0 Å². The van der Waals surface area contributed by atoms with Crippen LogP contribution in [0.2, 0.25) is 0 Å². The average Bonchev–Trinajstić information content (AvgIpc) is 2.85. The summed E-state index contributed by atoms with van der Waals surface area (Å²) in [6.45, 7) is 0. The van der Waals surface area contributed by atoms with Crippen LogP contribution in [0.4, 0.5) is 0 Å². The molecule has 0 amide bonds. The van der Waals surface area contributed by atoms with E-state index >= 15 is 0 Å². The lowest BCUT2D eigenvalue weighted by Crippen LogP contribution is -2.55. The van der Waals surface area contributed by atoms with Gasteiger partial charge in [0.05, 0.1) is 32.2 Å². The van der Waals surface area contributed by atoms with Gasteiger partial charge in [0, 0.05) is 25.7 Å². The van der Waals surface area contributed by atoms with Crippen molar-refractivity contribution in [2.45, 2.75) is 49.6 Å². The molecular weight excluding hydrogens is 316 g/mol. The minimum absolute atomic E-state index is 0.541. The molecule has 0 N–H and O–H groups in total. The molecule has 2 nitrogen and oxygen atoms in total. The summed E-state index contributed by atoms with van der Waals surface area (Å²) in [5, 5.41) is 10.4. The highest BCUT2D eigenvalue weighted by Crippen LogP contribution is 2.47. The molecule has 26 heavy (non-hydrogen) atoms. The molecule has 134 valence electrons. The van der Waals surface area contributed by atoms with Gasteiger partial charge in [0.25, 0.3) is 0 Å². The molecule has 2 aliphatic rings. The fourth-order valence-corrected chi connectivity index (χ4v) is 5.62. The maximum Gasteiger partial charge on any atom is 0.107 e. The molecule has 2 aromatic rings. The van der Waals surface area contributed by atoms with Crippen molar-refractivity contribution in [3.8, 4) is 6.07 Å². The second-order valence-corrected chi connectivity index (χ2v) is 8.80. The molecule has 2 heterocycles. The smallest absolute Gasteiger partial charge is 0.107 e. The van der Waals surface area contributed by atoms with Crippen molar-refractivity contribution < 1.29 is 4.48 Å². The Bertz CT molecular complexity index is 732. The summed E-state index contributed by atoms with van der Waals surface area (Å²) in [7, 11) is 4.81. The van der Waals surface area contributed by atoms with E-state index in [-0.39, 0.29) is 0 Å². The van der Waals surface area contributed by atoms with Crippen LogP contribution in [0.3, 0.4) is 0 Å². The number of benzene rings is 2. The van der Waals surface area contributed by atoms with Crippen LogP contribution in [0.5, 0.6) is 0 Å². The summed E-state index contributed by atoms with van der Waals surface area (Å²) in [4.78, 5) is 0. The van der Waals surface area contributed by atoms with Crippen molar-refractivity contribution in [1.29, 1.82) is 5.26 Å². The van der Waals surface area contributed by atoms with E-state index in [0.29, 0.717) is 5.92 Å². The van der Waals surface area contributed by atoms with E-state index in [1.165, 1.54) is 30.2 Å². The molecule has 2 heteroatoms. The Morgan fingerprint density at radius 1 is 0.885 bits per heavy atom. The summed E-state index contributed by atoms with van der Waals surface area (Å²) >= 11 is 0. The van der Waals surface area contributed by atoms with Gasteiger partial charge in [-0.1, -0.05) is 60.7 Å². The lowest BCUT2D eigenvalue weighted by Gasteiger charge is -2.45. The quantitative estimate of drug-likeness (QED) is 0.723. The molecule has 2 bridgehead atoms. The van der Waals surface area contributed by atoms with Crippen molar-refractivity contribution in [2.75, 3.05) is 14.1 Å². The number of nitriles is 1. The second-order valence-electron chi connectivity index (χ2n) is 8.80. The third-order valence-corrected chi connectivity index (χ3v) is 7.25. The van der Waals surface area contributed by atoms with Crippen LogP contribution < -0.4 is 0 Å². The number of hydrogen-bond acceptors (Lipinski definition) is 1. The summed E-state index contributed by atoms with van der Waals surface area (Å²) in [5.74, 6) is 0.624. The van der Waals surface area contributed by atoms with Crippen molar-refractivity contribution >= 4 is 0 Å². The van der Waals surface area contributed by atoms with Crippen molar-refractivity contribution in [3.05, 3.63) is 71.8 Å². The van der Waals surface area contributed by atoms with Gasteiger partial charge in [-0.15, -0.1) is 0 Å². The first-order chi connectivity index (χ1) is 12.6. The first-order valence-corrected chi connectivity index (χ1v) is 9.92. The molecule has 0 spiro atoms. The van der Waals surface area contributed by atoms with Gasteiger partial charge in [-0.25, -0.2) is 0 Å². The van der Waals surface area contributed by atoms with Gasteiger partial charge in [-0.3, -0.25) is 0 Å². The maximum atomic E-state index is 10.4. The van der Waals surface area contributed by atoms with Gasteiger partial charge in [0.1, 0.15) is 5.41 Å². The summed E-state index contributed by atoms with van der Waals surface area (Å²) in [6.07, 6.45) is 6.15. The topological polar surface area (TPSA) is 23.8 Å². The molecule has 2 atom stereocenters. The molecule has 2 aromatic carbocycles. The summed E-state index contributed by atoms with van der Waals surface area (Å²) in [6, 6.07) is 25.2. The Balaban J connectivity index is 1.70. The molecule has 2 saturated heterocycles. The summed E-state index contributed by atoms with van der Waals surface area (Å²) in [5.41, 5.74) is 1.74. The van der Waals surface area contributed by atoms with Crippen LogP contribution >= 0.6 is 0 Å². The molecule has 0 radical (unpaired) electrons. The van der Waals surface area contributed by atoms with E-state index in [2.05, 4.69) is 68.7 Å². The van der Waals surface area contributed by atoms with E-state index < -0.39 is 5.41 Å². The van der Waals surface area contributed by atoms with Crippen LogP contribution in [0.15, 0.2) is 60.7 Å². The Morgan fingerprint density at radius 3 is 1.77 bits per heavy atom. The molecule has 2 unspecified atom stereocenters. The Hall–Kier alpha value is -2.11. The van der Waals surface area contributed by atoms with E-state index in [0.717, 1.165) is 29.6 Å². The van der Waals surface area contributed by atoms with E-state index in [1.807, 2.05) is 12.1 Å². The first-order valence-electron chi connectivity index (χ1n) is 9.92. The SMILES string of the molecule is C[N+]1(C)C2CCC1CC(CC(C#N)(c1ccccc1)c1ccccc1)C2. The van der Waals surface area contributed by atoms with E-state index in [9.17, 15) is 5.26 Å². The Labute approximate surface area is 157 Å². The van der Waals surface area contributed by atoms with Gasteiger partial charge >= 0.3 is 0 Å². The minimum Gasteiger partial charge on any atom is -0.324 e. The third kappa shape index (κ3) is 2.75. The number of rotatable bonds is 4. The van der Waals surface area contributed by atoms with Crippen LogP contribution in [0.1, 0.15) is 43.2 Å². The fraction of sp³-hybridized carbons (Fsp3) is 0.458. The zero-order valence-electron chi connectivity index (χ0n) is 15.9. The number of hydrogen-bond donors (Lipinski definition) is 0. The molecule has 0 aromatic heterocycles. The first kappa shape index (κ1) is 17.3. The zero-order valence-corrected chi connectivity index (χ0v) is 15.9. The molecule has 0 saturated carbocycles. The highest BCUT2D eigenvalue weighted by molar-refractivity contribution is 5.45. The predicted molar refractivity (Wildman–Crippen MR) is 106 cm³/mol. The van der Waals surface area contributed by atoms with Crippen LogP contribution in [0, 0.1) is 17.2 Å². The van der Waals surface area contributed by atoms with Gasteiger partial charge in [-0.05, 0) is 23.5 Å². The van der Waals surface area contributed by atoms with Crippen LogP contribution in [-0.4, -0.2) is 30.7 Å². The standard InChI is InChI=1S/C24H29N2/c1-26(2)22-13-14-23(26)16-19(15-22)17-24(18-25,20-9-5-3-6-10-20)21-11-7-4-8-12-21/h3-12,19,22-23H,13-17H2,1-2H3/q+1. The second kappa shape index (κ2) is 6.56. The van der Waals surface area contributed by atoms with E-state index in [4.69, 9.17) is 0 Å². The largest absolute Gasteiger partial charge is 0.324 e. The van der Waals surface area contributed by atoms with Gasteiger partial charge in [-0.2, -0.15) is 5.26 Å². The number of nitrogens with zero attached hydrogens (tertiary/aromatic N) is 2. The van der Waals surface area contributed by atoms with Crippen molar-refractivity contribution in [1.82, 2.24) is 0 Å². The third-order valence-electron chi connectivity index (χ3n) is 7.25. The van der Waals surface area contributed by atoms with Crippen LogP contribution in [-0.2, 0) is 5.41 Å². The minimum atomic E-state index is -0.541. The van der Waals surface area contributed by atoms with Gasteiger partial charge in [0.2, 0.25) is 0 Å². The monoisotopic (exact) mass is 345 g/mol. The maximum absolute atomic E-state index is 10.4. The predicted octanol–water partition coefficient (Wildman–Crippen LogP) is 4.90. The normalized spacial score (nSPS) is 27.0. The lowest BCUT2D eigenvalue weighted by atomic mass is 9.67. The molecule has 4 rings (SSSR count). The van der Waals surface area contributed by atoms with Crippen LogP contribution in [0.25, 0.3) is 0 Å². The van der Waals surface area contributed by atoms with E-state index in [1.54, 1.807) is 0 Å². The molecular formula is C24H29N2+. The number of fused-ring (bicyclic) bond motifs is 2. The highest BCUT2D eigenvalue weighted by Gasteiger charge is 2.50.